The highest BCUT2D eigenvalue weighted by Gasteiger charge is 2.08. The zero-order valence-electron chi connectivity index (χ0n) is 13.9. The van der Waals surface area contributed by atoms with E-state index in [1.807, 2.05) is 36.4 Å². The molecule has 3 aromatic carbocycles. The van der Waals surface area contributed by atoms with Crippen molar-refractivity contribution in [2.75, 3.05) is 0 Å². The Balaban J connectivity index is 0.00000100. The van der Waals surface area contributed by atoms with Crippen molar-refractivity contribution in [3.05, 3.63) is 103 Å². The van der Waals surface area contributed by atoms with E-state index in [2.05, 4.69) is 63.1 Å². The van der Waals surface area contributed by atoms with E-state index in [9.17, 15) is 0 Å². The molecule has 0 aliphatic carbocycles. The largest absolute Gasteiger partial charge is 0.106 e. The fourth-order valence-corrected chi connectivity index (χ4v) is 2.98. The van der Waals surface area contributed by atoms with Gasteiger partial charge in [-0.1, -0.05) is 72.8 Å². The first kappa shape index (κ1) is 17.8. The summed E-state index contributed by atoms with van der Waals surface area (Å²) < 4.78 is 0. The van der Waals surface area contributed by atoms with Gasteiger partial charge in [0.1, 0.15) is 0 Å². The third kappa shape index (κ3) is 3.84. The molecule has 0 fully saturated rings. The highest BCUT2D eigenvalue weighted by atomic mass is 35.5. The summed E-state index contributed by atoms with van der Waals surface area (Å²) in [6, 6.07) is 22.8. The molecule has 0 radical (unpaired) electrons. The molecule has 0 nitrogen and oxygen atoms in total. The summed E-state index contributed by atoms with van der Waals surface area (Å²) in [6.07, 6.45) is 1.91. The fourth-order valence-electron chi connectivity index (χ4n) is 2.75. The molecule has 0 atom stereocenters. The Morgan fingerprint density at radius 3 is 2.12 bits per heavy atom. The monoisotopic (exact) mass is 332 g/mol. The molecule has 0 heterocycles. The Morgan fingerprint density at radius 1 is 0.792 bits per heavy atom. The molecule has 0 unspecified atom stereocenters. The second-order valence-corrected chi connectivity index (χ2v) is 5.77. The summed E-state index contributed by atoms with van der Waals surface area (Å²) in [4.78, 5) is 0. The lowest BCUT2D eigenvalue weighted by Crippen LogP contribution is -1.88. The summed E-state index contributed by atoms with van der Waals surface area (Å²) in [5.41, 5.74) is 6.94. The Morgan fingerprint density at radius 2 is 1.46 bits per heavy atom. The van der Waals surface area contributed by atoms with Gasteiger partial charge in [0.05, 0.1) is 0 Å². The predicted octanol–water partition coefficient (Wildman–Crippen LogP) is 7.43. The second-order valence-electron chi connectivity index (χ2n) is 5.33. The third-order valence-corrected chi connectivity index (χ3v) is 4.06. The summed E-state index contributed by atoms with van der Waals surface area (Å²) in [6.45, 7) is 12.0. The zero-order chi connectivity index (χ0) is 17.5. The maximum absolute atomic E-state index is 6.36. The number of hydrogen-bond donors (Lipinski definition) is 0. The summed E-state index contributed by atoms with van der Waals surface area (Å²) in [5.74, 6) is 0. The minimum Gasteiger partial charge on any atom is -0.106 e. The number of rotatable bonds is 3. The van der Waals surface area contributed by atoms with Crippen molar-refractivity contribution in [1.82, 2.24) is 0 Å². The maximum atomic E-state index is 6.36. The van der Waals surface area contributed by atoms with Gasteiger partial charge in [-0.2, -0.15) is 0 Å². The van der Waals surface area contributed by atoms with E-state index in [1.165, 1.54) is 11.1 Å². The van der Waals surface area contributed by atoms with Crippen LogP contribution in [0.4, 0.5) is 0 Å². The van der Waals surface area contributed by atoms with Gasteiger partial charge in [-0.25, -0.2) is 0 Å². The first-order valence-corrected chi connectivity index (χ1v) is 8.15. The highest BCUT2D eigenvalue weighted by Crippen LogP contribution is 2.33. The van der Waals surface area contributed by atoms with Crippen LogP contribution in [0, 0.1) is 6.92 Å². The average Bonchev–Trinajstić information content (AvgIpc) is 2.63. The minimum atomic E-state index is 0.743. The van der Waals surface area contributed by atoms with Gasteiger partial charge in [-0.15, -0.1) is 13.2 Å². The van der Waals surface area contributed by atoms with Crippen molar-refractivity contribution in [2.24, 2.45) is 0 Å². The molecule has 0 N–H and O–H groups in total. The molecule has 0 aliphatic rings. The normalized spacial score (nSPS) is 9.75. The number of halogens is 1. The van der Waals surface area contributed by atoms with Gasteiger partial charge in [0.2, 0.25) is 0 Å². The smallest absolute Gasteiger partial charge is 0.0418 e. The van der Waals surface area contributed by atoms with Crippen LogP contribution in [0.5, 0.6) is 0 Å². The number of hydrogen-bond acceptors (Lipinski definition) is 0. The van der Waals surface area contributed by atoms with E-state index in [1.54, 1.807) is 0 Å². The second kappa shape index (κ2) is 8.33. The van der Waals surface area contributed by atoms with Gasteiger partial charge < -0.3 is 0 Å². The van der Waals surface area contributed by atoms with Crippen LogP contribution < -0.4 is 0 Å². The molecule has 3 aromatic rings. The lowest BCUT2D eigenvalue weighted by atomic mass is 9.93. The van der Waals surface area contributed by atoms with Crippen molar-refractivity contribution in [3.63, 3.8) is 0 Å². The first-order chi connectivity index (χ1) is 11.7. The molecule has 120 valence electrons. The van der Waals surface area contributed by atoms with E-state index in [-0.39, 0.29) is 0 Å². The Bertz CT molecular complexity index is 832. The Labute approximate surface area is 149 Å². The van der Waals surface area contributed by atoms with Crippen molar-refractivity contribution in [2.45, 2.75) is 6.92 Å². The van der Waals surface area contributed by atoms with Crippen LogP contribution in [0.25, 0.3) is 28.3 Å². The molecule has 0 bridgehead atoms. The first-order valence-electron chi connectivity index (χ1n) is 7.77. The molecular formula is C23H21Cl. The van der Waals surface area contributed by atoms with Gasteiger partial charge in [-0.05, 0) is 58.5 Å². The SMILES string of the molecule is C=C.C=Cc1c(C)cccc1-c1cc(Cl)cc(-c2ccccc2)c1. The van der Waals surface area contributed by atoms with Gasteiger partial charge in [0.25, 0.3) is 0 Å². The highest BCUT2D eigenvalue weighted by molar-refractivity contribution is 6.31. The lowest BCUT2D eigenvalue weighted by Gasteiger charge is -2.12. The quantitative estimate of drug-likeness (QED) is 0.437. The van der Waals surface area contributed by atoms with Crippen LogP contribution in [0.1, 0.15) is 11.1 Å². The molecule has 3 rings (SSSR count). The van der Waals surface area contributed by atoms with Gasteiger partial charge in [0, 0.05) is 5.02 Å². The third-order valence-electron chi connectivity index (χ3n) is 3.84. The molecule has 0 spiro atoms. The Kier molecular flexibility index (Phi) is 6.17. The number of benzene rings is 3. The van der Waals surface area contributed by atoms with E-state index < -0.39 is 0 Å². The van der Waals surface area contributed by atoms with Crippen molar-refractivity contribution >= 4 is 17.7 Å². The van der Waals surface area contributed by atoms with Gasteiger partial charge in [-0.3, -0.25) is 0 Å². The molecular weight excluding hydrogens is 312 g/mol. The standard InChI is InChI=1S/C21H17Cl.C2H4/c1-3-20-15(2)8-7-11-21(20)18-12-17(13-19(22)14-18)16-9-5-4-6-10-16;1-2/h3-14H,1H2,2H3;1-2H2. The van der Waals surface area contributed by atoms with Gasteiger partial charge >= 0.3 is 0 Å². The Hall–Kier alpha value is -2.57. The van der Waals surface area contributed by atoms with Crippen LogP contribution in [-0.4, -0.2) is 0 Å². The number of aryl methyl sites for hydroxylation is 1. The zero-order valence-corrected chi connectivity index (χ0v) is 14.7. The summed E-state index contributed by atoms with van der Waals surface area (Å²) in [7, 11) is 0. The molecule has 24 heavy (non-hydrogen) atoms. The van der Waals surface area contributed by atoms with Crippen LogP contribution >= 0.6 is 11.6 Å². The van der Waals surface area contributed by atoms with Crippen LogP contribution in [0.2, 0.25) is 5.02 Å². The van der Waals surface area contributed by atoms with E-state index in [0.29, 0.717) is 0 Å². The lowest BCUT2D eigenvalue weighted by molar-refractivity contribution is 1.44. The molecule has 0 aromatic heterocycles. The minimum absolute atomic E-state index is 0.743. The van der Waals surface area contributed by atoms with Crippen molar-refractivity contribution in [3.8, 4) is 22.3 Å². The molecule has 0 saturated carbocycles. The van der Waals surface area contributed by atoms with Crippen molar-refractivity contribution < 1.29 is 0 Å². The topological polar surface area (TPSA) is 0 Å². The summed E-state index contributed by atoms with van der Waals surface area (Å²) >= 11 is 6.36. The van der Waals surface area contributed by atoms with E-state index in [4.69, 9.17) is 11.6 Å². The van der Waals surface area contributed by atoms with E-state index >= 15 is 0 Å². The molecule has 0 aliphatic heterocycles. The van der Waals surface area contributed by atoms with Crippen LogP contribution in [-0.2, 0) is 0 Å². The average molecular weight is 333 g/mol. The summed E-state index contributed by atoms with van der Waals surface area (Å²) in [5, 5.41) is 0.743. The molecule has 1 heteroatoms. The fraction of sp³-hybridized carbons (Fsp3) is 0.0435. The molecule has 0 saturated heterocycles. The van der Waals surface area contributed by atoms with Gasteiger partial charge in [0.15, 0.2) is 0 Å². The van der Waals surface area contributed by atoms with Crippen molar-refractivity contribution in [1.29, 1.82) is 0 Å². The van der Waals surface area contributed by atoms with E-state index in [0.717, 1.165) is 27.3 Å². The van der Waals surface area contributed by atoms with Crippen LogP contribution in [0.15, 0.2) is 86.5 Å². The van der Waals surface area contributed by atoms with Crippen LogP contribution in [0.3, 0.4) is 0 Å². The predicted molar refractivity (Wildman–Crippen MR) is 108 cm³/mol. The maximum Gasteiger partial charge on any atom is 0.0418 e. The molecule has 0 amide bonds.